The molecule has 0 saturated carbocycles. The van der Waals surface area contributed by atoms with Crippen molar-refractivity contribution in [3.05, 3.63) is 69.5 Å². The lowest BCUT2D eigenvalue weighted by Gasteiger charge is -2.08. The third-order valence-electron chi connectivity index (χ3n) is 4.37. The second-order valence-corrected chi connectivity index (χ2v) is 8.19. The fraction of sp³-hybridized carbons (Fsp3) is 0.263. The Morgan fingerprint density at radius 2 is 1.90 bits per heavy atom. The third-order valence-corrected chi connectivity index (χ3v) is 5.82. The lowest BCUT2D eigenvalue weighted by atomic mass is 10.1. The molecule has 0 amide bonds. The van der Waals surface area contributed by atoms with Gasteiger partial charge >= 0.3 is 0 Å². The number of hydrogen-bond acceptors (Lipinski definition) is 7. The van der Waals surface area contributed by atoms with Crippen molar-refractivity contribution >= 4 is 15.7 Å². The first-order valence-corrected chi connectivity index (χ1v) is 10.4. The van der Waals surface area contributed by atoms with Crippen LogP contribution in [0.3, 0.4) is 0 Å². The zero-order valence-electron chi connectivity index (χ0n) is 16.0. The molecule has 1 heterocycles. The number of nitrogens with one attached hydrogen (secondary N) is 1. The van der Waals surface area contributed by atoms with E-state index in [2.05, 4.69) is 14.9 Å². The molecule has 9 nitrogen and oxygen atoms in total. The molecular formula is C19H20N4O5S. The predicted molar refractivity (Wildman–Crippen MR) is 106 cm³/mol. The first-order chi connectivity index (χ1) is 13.8. The second kappa shape index (κ2) is 8.50. The van der Waals surface area contributed by atoms with Crippen LogP contribution in [-0.4, -0.2) is 30.0 Å². The van der Waals surface area contributed by atoms with Crippen molar-refractivity contribution < 1.29 is 17.9 Å². The quantitative estimate of drug-likeness (QED) is 0.441. The molecule has 3 rings (SSSR count). The van der Waals surface area contributed by atoms with E-state index in [4.69, 9.17) is 4.52 Å². The second-order valence-electron chi connectivity index (χ2n) is 6.42. The first kappa shape index (κ1) is 20.6. The van der Waals surface area contributed by atoms with E-state index in [1.807, 2.05) is 31.2 Å². The van der Waals surface area contributed by atoms with E-state index in [-0.39, 0.29) is 17.1 Å². The van der Waals surface area contributed by atoms with Crippen LogP contribution in [0.25, 0.3) is 11.5 Å². The summed E-state index contributed by atoms with van der Waals surface area (Å²) in [6, 6.07) is 11.2. The molecule has 29 heavy (non-hydrogen) atoms. The summed E-state index contributed by atoms with van der Waals surface area (Å²) in [5, 5.41) is 14.7. The lowest BCUT2D eigenvalue weighted by Crippen LogP contribution is -2.26. The van der Waals surface area contributed by atoms with Gasteiger partial charge in [0.25, 0.3) is 11.6 Å². The molecule has 0 radical (unpaired) electrons. The Balaban J connectivity index is 1.61. The summed E-state index contributed by atoms with van der Waals surface area (Å²) in [5.41, 5.74) is 1.91. The minimum Gasteiger partial charge on any atom is -0.334 e. The topological polar surface area (TPSA) is 128 Å². The van der Waals surface area contributed by atoms with Crippen LogP contribution >= 0.6 is 0 Å². The average molecular weight is 416 g/mol. The summed E-state index contributed by atoms with van der Waals surface area (Å²) in [5.74, 6) is 1.09. The highest BCUT2D eigenvalue weighted by Crippen LogP contribution is 2.21. The maximum atomic E-state index is 12.4. The molecule has 2 aromatic carbocycles. The normalized spacial score (nSPS) is 11.5. The Morgan fingerprint density at radius 1 is 1.17 bits per heavy atom. The Hall–Kier alpha value is -3.11. The molecule has 152 valence electrons. The van der Waals surface area contributed by atoms with E-state index < -0.39 is 14.9 Å². The van der Waals surface area contributed by atoms with Crippen LogP contribution in [-0.2, 0) is 22.9 Å². The highest BCUT2D eigenvalue weighted by atomic mass is 32.2. The zero-order valence-corrected chi connectivity index (χ0v) is 16.8. The van der Waals surface area contributed by atoms with Crippen LogP contribution in [0.1, 0.15) is 23.9 Å². The van der Waals surface area contributed by atoms with Gasteiger partial charge < -0.3 is 4.52 Å². The van der Waals surface area contributed by atoms with Crippen LogP contribution in [0.5, 0.6) is 0 Å². The van der Waals surface area contributed by atoms with Gasteiger partial charge in [-0.1, -0.05) is 24.2 Å². The Kier molecular flexibility index (Phi) is 6.04. The Morgan fingerprint density at radius 3 is 2.48 bits per heavy atom. The van der Waals surface area contributed by atoms with Crippen LogP contribution in [0.4, 0.5) is 5.69 Å². The summed E-state index contributed by atoms with van der Waals surface area (Å²) >= 11 is 0. The molecule has 0 atom stereocenters. The summed E-state index contributed by atoms with van der Waals surface area (Å²) in [6.07, 6.45) is 1.17. The molecule has 0 spiro atoms. The van der Waals surface area contributed by atoms with Crippen molar-refractivity contribution in [1.82, 2.24) is 14.9 Å². The fourth-order valence-corrected chi connectivity index (χ4v) is 3.86. The highest BCUT2D eigenvalue weighted by Gasteiger charge is 2.18. The highest BCUT2D eigenvalue weighted by molar-refractivity contribution is 7.89. The van der Waals surface area contributed by atoms with Crippen molar-refractivity contribution in [2.75, 3.05) is 6.54 Å². The summed E-state index contributed by atoms with van der Waals surface area (Å²) in [4.78, 5) is 14.6. The fourth-order valence-electron chi connectivity index (χ4n) is 2.74. The van der Waals surface area contributed by atoms with Gasteiger partial charge in [0.15, 0.2) is 5.82 Å². The molecule has 0 unspecified atom stereocenters. The number of aromatic nitrogens is 2. The van der Waals surface area contributed by atoms with Crippen LogP contribution in [0.15, 0.2) is 51.9 Å². The van der Waals surface area contributed by atoms with Gasteiger partial charge in [-0.05, 0) is 43.2 Å². The molecule has 0 saturated heterocycles. The molecule has 10 heteroatoms. The van der Waals surface area contributed by atoms with Crippen LogP contribution < -0.4 is 4.72 Å². The molecule has 0 aliphatic rings. The number of rotatable bonds is 8. The van der Waals surface area contributed by atoms with Crippen molar-refractivity contribution in [3.63, 3.8) is 0 Å². The maximum Gasteiger partial charge on any atom is 0.272 e. The minimum atomic E-state index is -3.75. The molecule has 1 aromatic heterocycles. The molecule has 0 aliphatic carbocycles. The van der Waals surface area contributed by atoms with E-state index in [9.17, 15) is 18.5 Å². The van der Waals surface area contributed by atoms with Gasteiger partial charge in [-0.2, -0.15) is 4.98 Å². The monoisotopic (exact) mass is 416 g/mol. The number of benzene rings is 2. The van der Waals surface area contributed by atoms with Crippen LogP contribution in [0, 0.1) is 17.0 Å². The number of hydrogen-bond donors (Lipinski definition) is 1. The Bertz CT molecular complexity index is 1120. The zero-order chi connectivity index (χ0) is 21.0. The van der Waals surface area contributed by atoms with Crippen molar-refractivity contribution in [2.45, 2.75) is 31.6 Å². The van der Waals surface area contributed by atoms with Crippen molar-refractivity contribution in [1.29, 1.82) is 0 Å². The summed E-state index contributed by atoms with van der Waals surface area (Å²) in [6.45, 7) is 3.64. The van der Waals surface area contributed by atoms with E-state index in [1.165, 1.54) is 25.1 Å². The van der Waals surface area contributed by atoms with Crippen molar-refractivity contribution in [3.8, 4) is 11.5 Å². The van der Waals surface area contributed by atoms with E-state index in [0.29, 0.717) is 30.1 Å². The average Bonchev–Trinajstić information content (AvgIpc) is 3.17. The molecule has 3 aromatic rings. The smallest absolute Gasteiger partial charge is 0.272 e. The number of sulfonamides is 1. The number of nitro benzene ring substituents is 1. The van der Waals surface area contributed by atoms with Gasteiger partial charge in [0.2, 0.25) is 10.0 Å². The van der Waals surface area contributed by atoms with Crippen molar-refractivity contribution in [2.24, 2.45) is 0 Å². The predicted octanol–water partition coefficient (Wildman–Crippen LogP) is 3.04. The van der Waals surface area contributed by atoms with Gasteiger partial charge in [0, 0.05) is 30.2 Å². The van der Waals surface area contributed by atoms with Gasteiger partial charge in [-0.25, -0.2) is 13.1 Å². The van der Waals surface area contributed by atoms with E-state index in [1.54, 1.807) is 0 Å². The Labute approximate surface area is 168 Å². The van der Waals surface area contributed by atoms with E-state index in [0.717, 1.165) is 11.1 Å². The number of nitrogens with zero attached hydrogens (tertiary/aromatic N) is 3. The number of aryl methyl sites for hydroxylation is 2. The largest absolute Gasteiger partial charge is 0.334 e. The van der Waals surface area contributed by atoms with Gasteiger partial charge in [0.05, 0.1) is 9.82 Å². The minimum absolute atomic E-state index is 0.000861. The molecule has 0 bridgehead atoms. The third kappa shape index (κ3) is 4.84. The van der Waals surface area contributed by atoms with Gasteiger partial charge in [-0.15, -0.1) is 0 Å². The standard InChI is InChI=1S/C19H20N4O5S/c1-3-18-21-19(28-22-18)15-6-4-14(5-7-15)10-11-20-29(26,27)16-8-9-17(23(24)25)13(2)12-16/h4-9,12,20H,3,10-11H2,1-2H3. The molecule has 0 fully saturated rings. The summed E-state index contributed by atoms with van der Waals surface area (Å²) < 4.78 is 32.5. The SMILES string of the molecule is CCc1noc(-c2ccc(CCNS(=O)(=O)c3ccc([N+](=O)[O-])c(C)c3)cc2)n1. The maximum absolute atomic E-state index is 12.4. The van der Waals surface area contributed by atoms with Gasteiger partial charge in [-0.3, -0.25) is 10.1 Å². The molecule has 0 aliphatic heterocycles. The molecule has 1 N–H and O–H groups in total. The van der Waals surface area contributed by atoms with E-state index >= 15 is 0 Å². The summed E-state index contributed by atoms with van der Waals surface area (Å²) in [7, 11) is -3.75. The molecular weight excluding hydrogens is 396 g/mol. The van der Waals surface area contributed by atoms with Crippen LogP contribution in [0.2, 0.25) is 0 Å². The lowest BCUT2D eigenvalue weighted by molar-refractivity contribution is -0.385. The number of nitro groups is 1. The van der Waals surface area contributed by atoms with Gasteiger partial charge in [0.1, 0.15) is 0 Å². The first-order valence-electron chi connectivity index (χ1n) is 8.97.